The number of hydrogen-bond acceptors (Lipinski definition) is 3. The highest BCUT2D eigenvalue weighted by Gasteiger charge is 1.99. The van der Waals surface area contributed by atoms with Crippen LogP contribution in [0.2, 0.25) is 0 Å². The van der Waals surface area contributed by atoms with E-state index in [9.17, 15) is 4.79 Å². The van der Waals surface area contributed by atoms with Crippen LogP contribution in [0.1, 0.15) is 0 Å². The quantitative estimate of drug-likeness (QED) is 0.713. The summed E-state index contributed by atoms with van der Waals surface area (Å²) in [6, 6.07) is 7.40. The lowest BCUT2D eigenvalue weighted by Gasteiger charge is -2.07. The van der Waals surface area contributed by atoms with Crippen LogP contribution in [0.3, 0.4) is 0 Å². The van der Waals surface area contributed by atoms with Crippen molar-refractivity contribution < 1.29 is 9.53 Å². The summed E-state index contributed by atoms with van der Waals surface area (Å²) in [6.07, 6.45) is 1.64. The van der Waals surface area contributed by atoms with Crippen LogP contribution in [0.15, 0.2) is 36.9 Å². The van der Waals surface area contributed by atoms with Crippen molar-refractivity contribution in [2.75, 3.05) is 25.5 Å². The number of nitrogens with one attached hydrogen (secondary N) is 2. The summed E-state index contributed by atoms with van der Waals surface area (Å²) in [5, 5.41) is 5.68. The van der Waals surface area contributed by atoms with Crippen LogP contribution in [-0.4, -0.2) is 26.1 Å². The van der Waals surface area contributed by atoms with Crippen molar-refractivity contribution in [1.82, 2.24) is 5.32 Å². The number of amides is 1. The molecule has 1 rings (SSSR count). The number of ether oxygens (including phenoxy) is 1. The van der Waals surface area contributed by atoms with E-state index >= 15 is 0 Å². The molecule has 1 aromatic rings. The van der Waals surface area contributed by atoms with Gasteiger partial charge in [0.25, 0.3) is 0 Å². The van der Waals surface area contributed by atoms with Crippen molar-refractivity contribution >= 4 is 11.6 Å². The minimum Gasteiger partial charge on any atom is -0.497 e. The van der Waals surface area contributed by atoms with E-state index in [1.807, 2.05) is 24.3 Å². The second kappa shape index (κ2) is 6.50. The van der Waals surface area contributed by atoms with Crippen LogP contribution >= 0.6 is 0 Å². The van der Waals surface area contributed by atoms with Crippen LogP contribution in [0.5, 0.6) is 5.75 Å². The topological polar surface area (TPSA) is 50.4 Å². The Balaban J connectivity index is 2.36. The zero-order chi connectivity index (χ0) is 11.8. The SMILES string of the molecule is C=CCNC(=O)CNc1ccc(OC)cc1. The van der Waals surface area contributed by atoms with E-state index in [0.29, 0.717) is 6.54 Å². The second-order valence-corrected chi connectivity index (χ2v) is 3.17. The summed E-state index contributed by atoms with van der Waals surface area (Å²) in [5.41, 5.74) is 0.884. The van der Waals surface area contributed by atoms with Gasteiger partial charge in [0, 0.05) is 12.2 Å². The largest absolute Gasteiger partial charge is 0.497 e. The maximum absolute atomic E-state index is 11.3. The molecule has 0 aliphatic rings. The Hall–Kier alpha value is -1.97. The third kappa shape index (κ3) is 4.04. The maximum atomic E-state index is 11.3. The molecule has 0 heterocycles. The fourth-order valence-corrected chi connectivity index (χ4v) is 1.14. The first-order valence-electron chi connectivity index (χ1n) is 5.02. The minimum absolute atomic E-state index is 0.0595. The summed E-state index contributed by atoms with van der Waals surface area (Å²) in [6.45, 7) is 4.26. The van der Waals surface area contributed by atoms with E-state index in [0.717, 1.165) is 11.4 Å². The van der Waals surface area contributed by atoms with Crippen molar-refractivity contribution in [3.8, 4) is 5.75 Å². The van der Waals surface area contributed by atoms with E-state index in [1.54, 1.807) is 13.2 Å². The molecule has 0 fully saturated rings. The Bertz CT molecular complexity index is 347. The summed E-state index contributed by atoms with van der Waals surface area (Å²) in [7, 11) is 1.62. The molecule has 2 N–H and O–H groups in total. The fraction of sp³-hybridized carbons (Fsp3) is 0.250. The predicted octanol–water partition coefficient (Wildman–Crippen LogP) is 1.41. The molecule has 0 bridgehead atoms. The van der Waals surface area contributed by atoms with Crippen LogP contribution in [0, 0.1) is 0 Å². The number of rotatable bonds is 6. The van der Waals surface area contributed by atoms with Gasteiger partial charge in [0.1, 0.15) is 5.75 Å². The van der Waals surface area contributed by atoms with Crippen molar-refractivity contribution in [2.45, 2.75) is 0 Å². The molecular weight excluding hydrogens is 204 g/mol. The zero-order valence-electron chi connectivity index (χ0n) is 9.32. The van der Waals surface area contributed by atoms with Gasteiger partial charge in [-0.3, -0.25) is 4.79 Å². The molecule has 0 aliphatic carbocycles. The van der Waals surface area contributed by atoms with Crippen LogP contribution in [0.25, 0.3) is 0 Å². The van der Waals surface area contributed by atoms with E-state index in [1.165, 1.54) is 0 Å². The molecule has 0 unspecified atom stereocenters. The molecule has 4 nitrogen and oxygen atoms in total. The number of carbonyl (C=O) groups is 1. The molecule has 0 spiro atoms. The molecule has 16 heavy (non-hydrogen) atoms. The molecule has 86 valence electrons. The zero-order valence-corrected chi connectivity index (χ0v) is 9.32. The van der Waals surface area contributed by atoms with Crippen LogP contribution in [-0.2, 0) is 4.79 Å². The third-order valence-corrected chi connectivity index (χ3v) is 1.99. The van der Waals surface area contributed by atoms with Gasteiger partial charge in [0.2, 0.25) is 5.91 Å². The third-order valence-electron chi connectivity index (χ3n) is 1.99. The summed E-state index contributed by atoms with van der Waals surface area (Å²) < 4.78 is 5.03. The second-order valence-electron chi connectivity index (χ2n) is 3.17. The first kappa shape index (κ1) is 12.1. The van der Waals surface area contributed by atoms with Crippen molar-refractivity contribution in [1.29, 1.82) is 0 Å². The van der Waals surface area contributed by atoms with Gasteiger partial charge in [0.15, 0.2) is 0 Å². The Kier molecular flexibility index (Phi) is 4.92. The molecule has 0 saturated heterocycles. The molecule has 1 amide bonds. The number of hydrogen-bond donors (Lipinski definition) is 2. The number of carbonyl (C=O) groups excluding carboxylic acids is 1. The van der Waals surface area contributed by atoms with Gasteiger partial charge in [-0.25, -0.2) is 0 Å². The Morgan fingerprint density at radius 1 is 1.44 bits per heavy atom. The first-order valence-corrected chi connectivity index (χ1v) is 5.02. The van der Waals surface area contributed by atoms with Crippen molar-refractivity contribution in [2.24, 2.45) is 0 Å². The van der Waals surface area contributed by atoms with E-state index in [-0.39, 0.29) is 12.5 Å². The molecule has 0 radical (unpaired) electrons. The van der Waals surface area contributed by atoms with Crippen LogP contribution < -0.4 is 15.4 Å². The molecule has 4 heteroatoms. The predicted molar refractivity (Wildman–Crippen MR) is 64.7 cm³/mol. The Labute approximate surface area is 95.3 Å². The summed E-state index contributed by atoms with van der Waals surface area (Å²) in [4.78, 5) is 11.3. The highest BCUT2D eigenvalue weighted by atomic mass is 16.5. The number of methoxy groups -OCH3 is 1. The summed E-state index contributed by atoms with van der Waals surface area (Å²) in [5.74, 6) is 0.734. The standard InChI is InChI=1S/C12H16N2O2/c1-3-8-13-12(15)9-14-10-4-6-11(16-2)7-5-10/h3-7,14H,1,8-9H2,2H3,(H,13,15). The lowest BCUT2D eigenvalue weighted by molar-refractivity contribution is -0.119. The molecule has 0 saturated carbocycles. The van der Waals surface area contributed by atoms with Gasteiger partial charge in [-0.1, -0.05) is 6.08 Å². The average Bonchev–Trinajstić information content (AvgIpc) is 2.34. The van der Waals surface area contributed by atoms with Gasteiger partial charge < -0.3 is 15.4 Å². The Morgan fingerprint density at radius 2 is 2.12 bits per heavy atom. The minimum atomic E-state index is -0.0595. The Morgan fingerprint density at radius 3 is 2.69 bits per heavy atom. The molecule has 0 aromatic heterocycles. The lowest BCUT2D eigenvalue weighted by atomic mass is 10.3. The van der Waals surface area contributed by atoms with E-state index in [2.05, 4.69) is 17.2 Å². The van der Waals surface area contributed by atoms with Gasteiger partial charge in [-0.15, -0.1) is 6.58 Å². The molecule has 0 atom stereocenters. The molecule has 1 aromatic carbocycles. The fourth-order valence-electron chi connectivity index (χ4n) is 1.14. The van der Waals surface area contributed by atoms with Crippen molar-refractivity contribution in [3.05, 3.63) is 36.9 Å². The lowest BCUT2D eigenvalue weighted by Crippen LogP contribution is -2.29. The molecular formula is C12H16N2O2. The van der Waals surface area contributed by atoms with E-state index < -0.39 is 0 Å². The normalized spacial score (nSPS) is 9.31. The smallest absolute Gasteiger partial charge is 0.239 e. The number of anilines is 1. The molecule has 0 aliphatic heterocycles. The van der Waals surface area contributed by atoms with Crippen molar-refractivity contribution in [3.63, 3.8) is 0 Å². The highest BCUT2D eigenvalue weighted by Crippen LogP contribution is 2.14. The number of benzene rings is 1. The van der Waals surface area contributed by atoms with Gasteiger partial charge in [0.05, 0.1) is 13.7 Å². The summed E-state index contributed by atoms with van der Waals surface area (Å²) >= 11 is 0. The highest BCUT2D eigenvalue weighted by molar-refractivity contribution is 5.80. The van der Waals surface area contributed by atoms with Gasteiger partial charge >= 0.3 is 0 Å². The van der Waals surface area contributed by atoms with Gasteiger partial charge in [-0.05, 0) is 24.3 Å². The first-order chi connectivity index (χ1) is 7.76. The van der Waals surface area contributed by atoms with E-state index in [4.69, 9.17) is 4.74 Å². The average molecular weight is 220 g/mol. The van der Waals surface area contributed by atoms with Gasteiger partial charge in [-0.2, -0.15) is 0 Å². The monoisotopic (exact) mass is 220 g/mol. The maximum Gasteiger partial charge on any atom is 0.239 e. The van der Waals surface area contributed by atoms with Crippen LogP contribution in [0.4, 0.5) is 5.69 Å².